The van der Waals surface area contributed by atoms with Crippen LogP contribution in [-0.4, -0.2) is 32.5 Å². The summed E-state index contributed by atoms with van der Waals surface area (Å²) < 4.78 is 13.2. The zero-order valence-electron chi connectivity index (χ0n) is 19.4. The maximum absolute atomic E-state index is 13.2. The van der Waals surface area contributed by atoms with Crippen molar-refractivity contribution in [3.63, 3.8) is 0 Å². The van der Waals surface area contributed by atoms with E-state index < -0.39 is 17.8 Å². The number of carbonyl (C=O) groups is 1. The van der Waals surface area contributed by atoms with Gasteiger partial charge in [0.15, 0.2) is 0 Å². The van der Waals surface area contributed by atoms with Crippen LogP contribution in [0.2, 0.25) is 0 Å². The van der Waals surface area contributed by atoms with Crippen LogP contribution in [0.25, 0.3) is 22.4 Å². The van der Waals surface area contributed by atoms with Gasteiger partial charge in [-0.2, -0.15) is 0 Å². The number of H-pyrrole nitrogens is 2. The minimum atomic E-state index is -0.776. The fraction of sp³-hybridized carbons (Fsp3) is 0.0741. The topological polar surface area (TPSA) is 123 Å². The summed E-state index contributed by atoms with van der Waals surface area (Å²) in [7, 11) is 0. The predicted octanol–water partition coefficient (Wildman–Crippen LogP) is 4.88. The summed E-state index contributed by atoms with van der Waals surface area (Å²) in [6, 6.07) is 21.3. The molecule has 0 fully saturated rings. The molecule has 0 spiro atoms. The second-order valence-corrected chi connectivity index (χ2v) is 8.15. The Morgan fingerprint density at radius 3 is 2.49 bits per heavy atom. The number of aliphatic hydroxyl groups excluding tert-OH is 1. The highest BCUT2D eigenvalue weighted by atomic mass is 35.5. The first-order chi connectivity index (χ1) is 17.5. The van der Waals surface area contributed by atoms with E-state index in [9.17, 15) is 19.1 Å². The van der Waals surface area contributed by atoms with Crippen LogP contribution in [0.3, 0.4) is 0 Å². The summed E-state index contributed by atoms with van der Waals surface area (Å²) in [4.78, 5) is 35.8. The molecular formula is C27H23ClFN5O3. The van der Waals surface area contributed by atoms with Gasteiger partial charge in [-0.05, 0) is 48.0 Å². The maximum Gasteiger partial charge on any atom is 0.261 e. The van der Waals surface area contributed by atoms with E-state index in [0.29, 0.717) is 33.8 Å². The summed E-state index contributed by atoms with van der Waals surface area (Å²) in [6.07, 6.45) is 0.738. The van der Waals surface area contributed by atoms with Crippen molar-refractivity contribution in [1.82, 2.24) is 15.0 Å². The number of pyridine rings is 1. The van der Waals surface area contributed by atoms with Gasteiger partial charge in [-0.3, -0.25) is 9.59 Å². The number of fused-ring (bicyclic) bond motifs is 1. The van der Waals surface area contributed by atoms with E-state index in [1.165, 1.54) is 30.5 Å². The minimum absolute atomic E-state index is 0. The Morgan fingerprint density at radius 1 is 0.973 bits per heavy atom. The van der Waals surface area contributed by atoms with Crippen molar-refractivity contribution in [3.8, 4) is 11.4 Å². The van der Waals surface area contributed by atoms with Gasteiger partial charge < -0.3 is 25.7 Å². The van der Waals surface area contributed by atoms with Gasteiger partial charge in [0, 0.05) is 18.3 Å². The van der Waals surface area contributed by atoms with Gasteiger partial charge in [-0.25, -0.2) is 9.37 Å². The van der Waals surface area contributed by atoms with Crippen LogP contribution in [0.15, 0.2) is 89.9 Å². The first-order valence-electron chi connectivity index (χ1n) is 11.2. The third kappa shape index (κ3) is 5.53. The van der Waals surface area contributed by atoms with E-state index >= 15 is 0 Å². The number of benzene rings is 3. The average Bonchev–Trinajstić information content (AvgIpc) is 3.33. The number of anilines is 2. The second kappa shape index (κ2) is 11.1. The number of aliphatic hydroxyl groups is 1. The number of imidazole rings is 1. The molecule has 8 nitrogen and oxygen atoms in total. The molecule has 0 saturated heterocycles. The SMILES string of the molecule is Cl.O=C(Nc1cccc2[nH]c(-c3c(NC[C@@H](O)c4ccccc4)cc[nH]c3=O)nc12)c1ccc(F)cc1. The van der Waals surface area contributed by atoms with E-state index in [2.05, 4.69) is 25.6 Å². The molecule has 5 rings (SSSR count). The molecule has 1 atom stereocenters. The Balaban J connectivity index is 0.00000320. The van der Waals surface area contributed by atoms with Gasteiger partial charge in [0.1, 0.15) is 22.7 Å². The van der Waals surface area contributed by atoms with Gasteiger partial charge >= 0.3 is 0 Å². The molecule has 0 bridgehead atoms. The van der Waals surface area contributed by atoms with Crippen molar-refractivity contribution in [3.05, 3.63) is 112 Å². The molecule has 2 heterocycles. The van der Waals surface area contributed by atoms with Crippen molar-refractivity contribution in [2.75, 3.05) is 17.2 Å². The minimum Gasteiger partial charge on any atom is -0.387 e. The Hall–Kier alpha value is -4.47. The molecule has 0 radical (unpaired) electrons. The monoisotopic (exact) mass is 519 g/mol. The van der Waals surface area contributed by atoms with Gasteiger partial charge in [-0.1, -0.05) is 36.4 Å². The standard InChI is InChI=1S/C27H22FN5O3.ClH/c28-18-11-9-17(10-12-18)26(35)32-21-8-4-7-20-24(21)33-25(31-20)23-19(13-14-29-27(23)36)30-15-22(34)16-5-2-1-3-6-16;/h1-14,22,34H,15H2,(H,31,33)(H,32,35)(H2,29,30,36);1H/t22-;/m1./s1. The number of rotatable bonds is 7. The lowest BCUT2D eigenvalue weighted by Gasteiger charge is -2.14. The average molecular weight is 520 g/mol. The molecule has 10 heteroatoms. The van der Waals surface area contributed by atoms with E-state index in [1.54, 1.807) is 24.3 Å². The molecule has 0 aliphatic heterocycles. The maximum atomic E-state index is 13.2. The molecular weight excluding hydrogens is 497 g/mol. The van der Waals surface area contributed by atoms with Gasteiger partial charge in [0.25, 0.3) is 11.5 Å². The smallest absolute Gasteiger partial charge is 0.261 e. The predicted molar refractivity (Wildman–Crippen MR) is 144 cm³/mol. The van der Waals surface area contributed by atoms with Crippen molar-refractivity contribution in [2.45, 2.75) is 6.10 Å². The lowest BCUT2D eigenvalue weighted by molar-refractivity contribution is 0.102. The summed E-state index contributed by atoms with van der Waals surface area (Å²) in [5, 5.41) is 16.5. The molecule has 0 aliphatic rings. The van der Waals surface area contributed by atoms with Crippen molar-refractivity contribution in [1.29, 1.82) is 0 Å². The molecule has 0 saturated carbocycles. The van der Waals surface area contributed by atoms with E-state index in [4.69, 9.17) is 0 Å². The Bertz CT molecular complexity index is 1590. The highest BCUT2D eigenvalue weighted by Gasteiger charge is 2.18. The highest BCUT2D eigenvalue weighted by molar-refractivity contribution is 6.08. The number of halogens is 2. The summed E-state index contributed by atoms with van der Waals surface area (Å²) >= 11 is 0. The number of nitrogens with zero attached hydrogens (tertiary/aromatic N) is 1. The third-order valence-electron chi connectivity index (χ3n) is 5.74. The number of nitrogens with one attached hydrogen (secondary N) is 4. The zero-order valence-corrected chi connectivity index (χ0v) is 20.2. The largest absolute Gasteiger partial charge is 0.387 e. The summed E-state index contributed by atoms with van der Waals surface area (Å²) in [5.74, 6) is -0.548. The molecule has 5 N–H and O–H groups in total. The van der Waals surface area contributed by atoms with Crippen LogP contribution >= 0.6 is 12.4 Å². The van der Waals surface area contributed by atoms with Crippen LogP contribution in [-0.2, 0) is 0 Å². The van der Waals surface area contributed by atoms with Crippen LogP contribution in [0.5, 0.6) is 0 Å². The van der Waals surface area contributed by atoms with Crippen LogP contribution in [0.4, 0.5) is 15.8 Å². The first-order valence-corrected chi connectivity index (χ1v) is 11.2. The molecule has 3 aromatic carbocycles. The molecule has 1 amide bonds. The molecule has 5 aromatic rings. The number of aromatic nitrogens is 3. The number of carbonyl (C=O) groups excluding carboxylic acids is 1. The number of amides is 1. The fourth-order valence-corrected chi connectivity index (χ4v) is 3.91. The van der Waals surface area contributed by atoms with Crippen LogP contribution in [0.1, 0.15) is 22.0 Å². The normalized spacial score (nSPS) is 11.5. The Labute approximate surface area is 217 Å². The first kappa shape index (κ1) is 25.6. The number of hydrogen-bond donors (Lipinski definition) is 5. The Morgan fingerprint density at radius 2 is 1.73 bits per heavy atom. The zero-order chi connectivity index (χ0) is 25.1. The molecule has 188 valence electrons. The van der Waals surface area contributed by atoms with Gasteiger partial charge in [0.2, 0.25) is 0 Å². The van der Waals surface area contributed by atoms with Crippen molar-refractivity contribution >= 4 is 40.7 Å². The number of hydrogen-bond acceptors (Lipinski definition) is 5. The second-order valence-electron chi connectivity index (χ2n) is 8.15. The molecule has 37 heavy (non-hydrogen) atoms. The lowest BCUT2D eigenvalue weighted by Crippen LogP contribution is -2.17. The molecule has 0 aliphatic carbocycles. The van der Waals surface area contributed by atoms with Crippen LogP contribution < -0.4 is 16.2 Å². The van der Waals surface area contributed by atoms with E-state index in [1.807, 2.05) is 30.3 Å². The Kier molecular flexibility index (Phi) is 7.66. The molecule has 0 unspecified atom stereocenters. The fourth-order valence-electron chi connectivity index (χ4n) is 3.91. The number of para-hydroxylation sites is 1. The van der Waals surface area contributed by atoms with E-state index in [0.717, 1.165) is 5.56 Å². The van der Waals surface area contributed by atoms with E-state index in [-0.39, 0.29) is 30.1 Å². The number of aromatic amines is 2. The van der Waals surface area contributed by atoms with Crippen molar-refractivity contribution < 1.29 is 14.3 Å². The lowest BCUT2D eigenvalue weighted by atomic mass is 10.1. The summed E-state index contributed by atoms with van der Waals surface area (Å²) in [6.45, 7) is 0.180. The highest BCUT2D eigenvalue weighted by Crippen LogP contribution is 2.28. The van der Waals surface area contributed by atoms with Crippen LogP contribution in [0, 0.1) is 5.82 Å². The van der Waals surface area contributed by atoms with Gasteiger partial charge in [0.05, 0.1) is 23.0 Å². The molecule has 2 aromatic heterocycles. The van der Waals surface area contributed by atoms with Crippen molar-refractivity contribution in [2.24, 2.45) is 0 Å². The summed E-state index contributed by atoms with van der Waals surface area (Å²) in [5.41, 5.74) is 2.95. The van der Waals surface area contributed by atoms with Gasteiger partial charge in [-0.15, -0.1) is 12.4 Å². The third-order valence-corrected chi connectivity index (χ3v) is 5.74. The quantitative estimate of drug-likeness (QED) is 0.210.